The predicted octanol–water partition coefficient (Wildman–Crippen LogP) is 1.41. The minimum Gasteiger partial charge on any atom is -0.432 e. The maximum absolute atomic E-state index is 11.6. The normalized spacial score (nSPS) is 10.2. The fraction of sp³-hybridized carbons (Fsp3) is 0.214. The molecule has 0 fully saturated rings. The summed E-state index contributed by atoms with van der Waals surface area (Å²) in [6.07, 6.45) is -0.702. The van der Waals surface area contributed by atoms with Crippen LogP contribution in [0.3, 0.4) is 0 Å². The molecule has 0 aliphatic rings. The fourth-order valence-corrected chi connectivity index (χ4v) is 1.73. The van der Waals surface area contributed by atoms with Gasteiger partial charge in [0.05, 0.1) is 23.2 Å². The van der Waals surface area contributed by atoms with Crippen molar-refractivity contribution < 1.29 is 19.1 Å². The number of esters is 1. The first-order chi connectivity index (χ1) is 10.4. The fourth-order valence-electron chi connectivity index (χ4n) is 1.73. The maximum atomic E-state index is 11.6. The molecule has 8 nitrogen and oxygen atoms in total. The standard InChI is InChI=1S/C14H15N3O5/c1-8(2)21-12(18)5-6-15-14(20)22-9-3-4-10-11(7-9)17-13(19)16-10/h3-4,7H,1,5-6H2,2H3,(H,15,20)(H2,16,17,19). The molecule has 3 N–H and O–H groups in total. The molecule has 22 heavy (non-hydrogen) atoms. The van der Waals surface area contributed by atoms with Gasteiger partial charge in [-0.3, -0.25) is 4.79 Å². The number of carbonyl (C=O) groups excluding carboxylic acids is 2. The van der Waals surface area contributed by atoms with Crippen LogP contribution in [0.15, 0.2) is 35.3 Å². The number of hydrogen-bond donors (Lipinski definition) is 3. The number of amides is 1. The highest BCUT2D eigenvalue weighted by Gasteiger charge is 2.08. The number of H-pyrrole nitrogens is 2. The van der Waals surface area contributed by atoms with Gasteiger partial charge in [-0.2, -0.15) is 0 Å². The quantitative estimate of drug-likeness (QED) is 0.571. The van der Waals surface area contributed by atoms with E-state index in [0.717, 1.165) is 0 Å². The lowest BCUT2D eigenvalue weighted by atomic mass is 10.3. The largest absolute Gasteiger partial charge is 0.432 e. The molecule has 0 atom stereocenters. The summed E-state index contributed by atoms with van der Waals surface area (Å²) in [5.74, 6) is 0.0743. The van der Waals surface area contributed by atoms with Gasteiger partial charge in [0.2, 0.25) is 0 Å². The second kappa shape index (κ2) is 6.61. The lowest BCUT2D eigenvalue weighted by molar-refractivity contribution is -0.139. The number of carbonyl (C=O) groups is 2. The van der Waals surface area contributed by atoms with Gasteiger partial charge in [-0.15, -0.1) is 0 Å². The van der Waals surface area contributed by atoms with Crippen LogP contribution in [0, 0.1) is 0 Å². The average molecular weight is 305 g/mol. The number of rotatable bonds is 5. The number of nitrogens with one attached hydrogen (secondary N) is 3. The molecular weight excluding hydrogens is 290 g/mol. The average Bonchev–Trinajstić information content (AvgIpc) is 2.77. The van der Waals surface area contributed by atoms with E-state index in [9.17, 15) is 14.4 Å². The monoisotopic (exact) mass is 305 g/mol. The van der Waals surface area contributed by atoms with E-state index in [1.54, 1.807) is 19.1 Å². The van der Waals surface area contributed by atoms with Crippen molar-refractivity contribution in [2.75, 3.05) is 6.54 Å². The van der Waals surface area contributed by atoms with Crippen molar-refractivity contribution in [3.05, 3.63) is 41.0 Å². The molecule has 0 aliphatic heterocycles. The van der Waals surface area contributed by atoms with Crippen LogP contribution in [0.2, 0.25) is 0 Å². The summed E-state index contributed by atoms with van der Waals surface area (Å²) in [6.45, 7) is 5.07. The highest BCUT2D eigenvalue weighted by molar-refractivity contribution is 5.78. The van der Waals surface area contributed by atoms with Crippen molar-refractivity contribution in [1.82, 2.24) is 15.3 Å². The Labute approximate surface area is 125 Å². The molecule has 8 heteroatoms. The van der Waals surface area contributed by atoms with E-state index in [2.05, 4.69) is 21.9 Å². The molecule has 116 valence electrons. The van der Waals surface area contributed by atoms with Gasteiger partial charge in [0.15, 0.2) is 0 Å². The Kier molecular flexibility index (Phi) is 4.62. The number of allylic oxidation sites excluding steroid dienone is 1. The summed E-state index contributed by atoms with van der Waals surface area (Å²) >= 11 is 0. The van der Waals surface area contributed by atoms with E-state index in [1.807, 2.05) is 0 Å². The molecule has 0 unspecified atom stereocenters. The third kappa shape index (κ3) is 4.23. The molecule has 0 bridgehead atoms. The van der Waals surface area contributed by atoms with Gasteiger partial charge < -0.3 is 24.8 Å². The summed E-state index contributed by atoms with van der Waals surface area (Å²) in [7, 11) is 0. The second-order valence-electron chi connectivity index (χ2n) is 4.53. The molecule has 2 rings (SSSR count). The van der Waals surface area contributed by atoms with Gasteiger partial charge in [-0.25, -0.2) is 9.59 Å². The van der Waals surface area contributed by atoms with E-state index in [-0.39, 0.29) is 24.4 Å². The van der Waals surface area contributed by atoms with E-state index in [0.29, 0.717) is 16.8 Å². The van der Waals surface area contributed by atoms with Crippen LogP contribution in [0.5, 0.6) is 5.75 Å². The van der Waals surface area contributed by atoms with Gasteiger partial charge in [-0.05, 0) is 19.1 Å². The third-order valence-electron chi connectivity index (χ3n) is 2.58. The van der Waals surface area contributed by atoms with Crippen molar-refractivity contribution in [2.24, 2.45) is 0 Å². The first kappa shape index (κ1) is 15.4. The molecule has 1 aromatic heterocycles. The molecule has 2 aromatic rings. The summed E-state index contributed by atoms with van der Waals surface area (Å²) in [5, 5.41) is 2.42. The summed E-state index contributed by atoms with van der Waals surface area (Å²) in [5.41, 5.74) is 0.799. The summed E-state index contributed by atoms with van der Waals surface area (Å²) < 4.78 is 9.78. The molecule has 1 heterocycles. The molecule has 0 radical (unpaired) electrons. The predicted molar refractivity (Wildman–Crippen MR) is 78.5 cm³/mol. The number of fused-ring (bicyclic) bond motifs is 1. The van der Waals surface area contributed by atoms with Gasteiger partial charge in [0, 0.05) is 12.6 Å². The lowest BCUT2D eigenvalue weighted by Gasteiger charge is -2.06. The van der Waals surface area contributed by atoms with Crippen molar-refractivity contribution in [2.45, 2.75) is 13.3 Å². The van der Waals surface area contributed by atoms with Crippen LogP contribution in [0.1, 0.15) is 13.3 Å². The zero-order valence-corrected chi connectivity index (χ0v) is 11.9. The zero-order valence-electron chi connectivity index (χ0n) is 11.9. The Morgan fingerprint density at radius 3 is 2.73 bits per heavy atom. The van der Waals surface area contributed by atoms with Crippen LogP contribution in [0.25, 0.3) is 11.0 Å². The molecule has 0 saturated heterocycles. The molecule has 0 aliphatic carbocycles. The Morgan fingerprint density at radius 2 is 2.00 bits per heavy atom. The highest BCUT2D eigenvalue weighted by atomic mass is 16.6. The number of imidazole rings is 1. The SMILES string of the molecule is C=C(C)OC(=O)CCNC(=O)Oc1ccc2[nH]c(=O)[nH]c2c1. The van der Waals surface area contributed by atoms with Crippen molar-refractivity contribution >= 4 is 23.1 Å². The second-order valence-corrected chi connectivity index (χ2v) is 4.53. The van der Waals surface area contributed by atoms with Gasteiger partial charge in [0.25, 0.3) is 0 Å². The number of benzene rings is 1. The van der Waals surface area contributed by atoms with Crippen molar-refractivity contribution in [3.63, 3.8) is 0 Å². The number of aromatic amines is 2. The van der Waals surface area contributed by atoms with Crippen LogP contribution in [-0.4, -0.2) is 28.6 Å². The van der Waals surface area contributed by atoms with E-state index < -0.39 is 12.1 Å². The zero-order chi connectivity index (χ0) is 16.1. The van der Waals surface area contributed by atoms with Crippen molar-refractivity contribution in [1.29, 1.82) is 0 Å². The third-order valence-corrected chi connectivity index (χ3v) is 2.58. The first-order valence-electron chi connectivity index (χ1n) is 6.48. The molecular formula is C14H15N3O5. The Hall–Kier alpha value is -3.03. The van der Waals surface area contributed by atoms with E-state index in [1.165, 1.54) is 6.07 Å². The summed E-state index contributed by atoms with van der Waals surface area (Å²) in [6, 6.07) is 4.67. The highest BCUT2D eigenvalue weighted by Crippen LogP contribution is 2.16. The summed E-state index contributed by atoms with van der Waals surface area (Å²) in [4.78, 5) is 39.1. The van der Waals surface area contributed by atoms with Crippen LogP contribution in [0.4, 0.5) is 4.79 Å². The van der Waals surface area contributed by atoms with Gasteiger partial charge in [0.1, 0.15) is 5.75 Å². The Bertz CT molecular complexity index is 774. The Morgan fingerprint density at radius 1 is 1.27 bits per heavy atom. The minimum atomic E-state index is -0.708. The molecule has 0 spiro atoms. The van der Waals surface area contributed by atoms with Crippen LogP contribution >= 0.6 is 0 Å². The first-order valence-corrected chi connectivity index (χ1v) is 6.48. The number of hydrogen-bond acceptors (Lipinski definition) is 5. The molecule has 1 aromatic carbocycles. The van der Waals surface area contributed by atoms with Gasteiger partial charge >= 0.3 is 17.8 Å². The topological polar surface area (TPSA) is 113 Å². The van der Waals surface area contributed by atoms with Crippen LogP contribution in [-0.2, 0) is 9.53 Å². The number of aromatic nitrogens is 2. The number of ether oxygens (including phenoxy) is 2. The van der Waals surface area contributed by atoms with Gasteiger partial charge in [-0.1, -0.05) is 6.58 Å². The van der Waals surface area contributed by atoms with Crippen molar-refractivity contribution in [3.8, 4) is 5.75 Å². The molecule has 0 saturated carbocycles. The minimum absolute atomic E-state index is 0.00608. The Balaban J connectivity index is 1.84. The smallest absolute Gasteiger partial charge is 0.412 e. The van der Waals surface area contributed by atoms with E-state index >= 15 is 0 Å². The lowest BCUT2D eigenvalue weighted by Crippen LogP contribution is -2.29. The van der Waals surface area contributed by atoms with E-state index in [4.69, 9.17) is 9.47 Å². The van der Waals surface area contributed by atoms with Crippen LogP contribution < -0.4 is 15.7 Å². The maximum Gasteiger partial charge on any atom is 0.412 e. The molecule has 1 amide bonds.